The molecule has 0 aliphatic rings. The van der Waals surface area contributed by atoms with Crippen molar-refractivity contribution in [3.63, 3.8) is 0 Å². The van der Waals surface area contributed by atoms with E-state index in [0.717, 1.165) is 21.6 Å². The summed E-state index contributed by atoms with van der Waals surface area (Å²) in [6.07, 6.45) is 5.60. The Morgan fingerprint density at radius 3 is 2.81 bits per heavy atom. The van der Waals surface area contributed by atoms with Gasteiger partial charge < -0.3 is 16.4 Å². The van der Waals surface area contributed by atoms with E-state index in [-0.39, 0.29) is 23.7 Å². The van der Waals surface area contributed by atoms with E-state index in [2.05, 4.69) is 29.0 Å². The number of hydrogen-bond acceptors (Lipinski definition) is 7. The summed E-state index contributed by atoms with van der Waals surface area (Å²) in [7, 11) is 0. The van der Waals surface area contributed by atoms with Crippen LogP contribution in [0.1, 0.15) is 35.8 Å². The van der Waals surface area contributed by atoms with Gasteiger partial charge in [-0.25, -0.2) is 0 Å². The van der Waals surface area contributed by atoms with E-state index >= 15 is 0 Å². The Morgan fingerprint density at radius 1 is 1.30 bits per heavy atom. The van der Waals surface area contributed by atoms with Crippen molar-refractivity contribution < 1.29 is 9.53 Å². The van der Waals surface area contributed by atoms with Crippen LogP contribution in [0, 0.1) is 0 Å². The average Bonchev–Trinajstić information content (AvgIpc) is 3.16. The molecule has 3 heterocycles. The number of aldehydes is 1. The molecule has 9 nitrogen and oxygen atoms in total. The van der Waals surface area contributed by atoms with Crippen LogP contribution in [0.15, 0.2) is 48.0 Å². The number of nitrogen functional groups attached to an aromatic ring is 1. The smallest absolute Gasteiger partial charge is 0.184 e. The molecule has 0 aliphatic heterocycles. The Bertz CT molecular complexity index is 1020. The number of nitrogens with two attached hydrogens (primary N) is 2. The van der Waals surface area contributed by atoms with Crippen molar-refractivity contribution >= 4 is 6.29 Å². The van der Waals surface area contributed by atoms with Crippen molar-refractivity contribution in [2.75, 3.05) is 5.84 Å². The number of rotatable bonds is 6. The maximum absolute atomic E-state index is 11.5. The summed E-state index contributed by atoms with van der Waals surface area (Å²) in [5, 5.41) is 7.91. The van der Waals surface area contributed by atoms with Crippen LogP contribution in [0.25, 0.3) is 11.4 Å². The quantitative estimate of drug-likeness (QED) is 0.383. The molecule has 0 saturated carbocycles. The summed E-state index contributed by atoms with van der Waals surface area (Å²) < 4.78 is 8.92. The first-order chi connectivity index (χ1) is 13.1. The average molecular weight is 367 g/mol. The van der Waals surface area contributed by atoms with Crippen LogP contribution in [0.2, 0.25) is 0 Å². The third kappa shape index (κ3) is 3.52. The second-order valence-electron chi connectivity index (χ2n) is 6.13. The minimum absolute atomic E-state index is 0.131. The van der Waals surface area contributed by atoms with Crippen molar-refractivity contribution in [3.8, 4) is 17.1 Å². The third-order valence-corrected chi connectivity index (χ3v) is 4.05. The molecule has 3 aromatic heterocycles. The van der Waals surface area contributed by atoms with Gasteiger partial charge in [0, 0.05) is 30.2 Å². The van der Waals surface area contributed by atoms with Gasteiger partial charge in [-0.05, 0) is 32.0 Å². The molecule has 0 atom stereocenters. The molecule has 140 valence electrons. The maximum Gasteiger partial charge on any atom is 0.184 e. The topological polar surface area (TPSA) is 126 Å². The lowest BCUT2D eigenvalue weighted by Gasteiger charge is -2.15. The normalized spacial score (nSPS) is 11.7. The molecule has 0 amide bonds. The Balaban J connectivity index is 1.95. The predicted octanol–water partition coefficient (Wildman–Crippen LogP) is 1.21. The van der Waals surface area contributed by atoms with Crippen molar-refractivity contribution in [1.82, 2.24) is 19.4 Å². The fourth-order valence-corrected chi connectivity index (χ4v) is 2.78. The summed E-state index contributed by atoms with van der Waals surface area (Å²) in [6.45, 7) is 4.30. The second-order valence-corrected chi connectivity index (χ2v) is 6.13. The molecule has 0 bridgehead atoms. The molecule has 0 unspecified atom stereocenters. The summed E-state index contributed by atoms with van der Waals surface area (Å²) in [5.41, 5.74) is 2.83. The van der Waals surface area contributed by atoms with Gasteiger partial charge in [0.25, 0.3) is 0 Å². The fraction of sp³-hybridized carbons (Fsp3) is 0.222. The van der Waals surface area contributed by atoms with Crippen LogP contribution in [0.3, 0.4) is 0 Å². The molecule has 0 spiro atoms. The molecule has 9 heteroatoms. The highest BCUT2D eigenvalue weighted by molar-refractivity contribution is 5.78. The Kier molecular flexibility index (Phi) is 5.20. The molecule has 0 aromatic carbocycles. The molecule has 0 radical (unpaired) electrons. The number of carbonyl (C=O) groups excluding carboxylic acids is 1. The van der Waals surface area contributed by atoms with Crippen LogP contribution in [0.5, 0.6) is 5.75 Å². The number of pyridine rings is 2. The van der Waals surface area contributed by atoms with E-state index in [9.17, 15) is 4.79 Å². The van der Waals surface area contributed by atoms with Crippen molar-refractivity contribution in [3.05, 3.63) is 59.5 Å². The number of carbonyl (C=O) groups is 1. The lowest BCUT2D eigenvalue weighted by Crippen LogP contribution is -2.32. The highest BCUT2D eigenvalue weighted by atomic mass is 16.5. The van der Waals surface area contributed by atoms with Crippen LogP contribution in [0.4, 0.5) is 0 Å². The summed E-state index contributed by atoms with van der Waals surface area (Å²) >= 11 is 0. The number of hydrogen-bond donors (Lipinski definition) is 2. The first-order valence-electron chi connectivity index (χ1n) is 8.37. The fourth-order valence-electron chi connectivity index (χ4n) is 2.78. The van der Waals surface area contributed by atoms with Crippen molar-refractivity contribution in [1.29, 1.82) is 0 Å². The molecule has 0 fully saturated rings. The van der Waals surface area contributed by atoms with Gasteiger partial charge in [-0.3, -0.25) is 19.1 Å². The minimum atomic E-state index is 0.131. The van der Waals surface area contributed by atoms with E-state index in [4.69, 9.17) is 16.4 Å². The second kappa shape index (κ2) is 7.73. The first kappa shape index (κ1) is 18.2. The van der Waals surface area contributed by atoms with Gasteiger partial charge in [0.1, 0.15) is 17.9 Å². The van der Waals surface area contributed by atoms with E-state index in [0.29, 0.717) is 12.0 Å². The minimum Gasteiger partial charge on any atom is -0.488 e. The monoisotopic (exact) mass is 367 g/mol. The van der Waals surface area contributed by atoms with Crippen molar-refractivity contribution in [2.45, 2.75) is 26.5 Å². The van der Waals surface area contributed by atoms with Gasteiger partial charge in [0.2, 0.25) is 0 Å². The predicted molar refractivity (Wildman–Crippen MR) is 99.9 cm³/mol. The molecule has 4 N–H and O–H groups in total. The Hall–Kier alpha value is -3.62. The molecule has 3 rings (SSSR count). The Labute approximate surface area is 155 Å². The lowest BCUT2D eigenvalue weighted by molar-refractivity contribution is 0.111. The summed E-state index contributed by atoms with van der Waals surface area (Å²) in [5.74, 6) is 11.4. The number of ether oxygens (including phenoxy) is 1. The van der Waals surface area contributed by atoms with Gasteiger partial charge in [-0.15, -0.1) is 0 Å². The molecule has 27 heavy (non-hydrogen) atoms. The zero-order chi connectivity index (χ0) is 19.4. The highest BCUT2D eigenvalue weighted by Crippen LogP contribution is 2.25. The molecule has 3 aromatic rings. The van der Waals surface area contributed by atoms with Gasteiger partial charge in [-0.2, -0.15) is 10.2 Å². The first-order valence-corrected chi connectivity index (χ1v) is 8.37. The molecule has 0 aliphatic carbocycles. The van der Waals surface area contributed by atoms with E-state index < -0.39 is 0 Å². The largest absolute Gasteiger partial charge is 0.488 e. The summed E-state index contributed by atoms with van der Waals surface area (Å²) in [6, 6.07) is 7.44. The van der Waals surface area contributed by atoms with Crippen LogP contribution < -0.4 is 21.9 Å². The maximum atomic E-state index is 11.5. The Morgan fingerprint density at radius 2 is 2.11 bits per heavy atom. The zero-order valence-electron chi connectivity index (χ0n) is 15.1. The highest BCUT2D eigenvalue weighted by Gasteiger charge is 2.15. The lowest BCUT2D eigenvalue weighted by atomic mass is 10.1. The van der Waals surface area contributed by atoms with Crippen LogP contribution >= 0.6 is 0 Å². The third-order valence-electron chi connectivity index (χ3n) is 4.05. The SMILES string of the molecule is CC(C)n1nccc1-c1ncccc1COc1ccn(N)/c(=N\N)c1C=O. The van der Waals surface area contributed by atoms with E-state index in [1.807, 2.05) is 22.9 Å². The van der Waals surface area contributed by atoms with Gasteiger partial charge in [-0.1, -0.05) is 6.07 Å². The van der Waals surface area contributed by atoms with E-state index in [1.165, 1.54) is 6.20 Å². The van der Waals surface area contributed by atoms with Crippen LogP contribution in [-0.2, 0) is 6.61 Å². The van der Waals surface area contributed by atoms with Crippen molar-refractivity contribution in [2.24, 2.45) is 10.9 Å². The van der Waals surface area contributed by atoms with Gasteiger partial charge >= 0.3 is 0 Å². The van der Waals surface area contributed by atoms with Crippen LogP contribution in [-0.4, -0.2) is 25.7 Å². The molecular weight excluding hydrogens is 346 g/mol. The molecular formula is C18H21N7O2. The van der Waals surface area contributed by atoms with Gasteiger partial charge in [0.05, 0.1) is 11.4 Å². The number of nitrogens with zero attached hydrogens (tertiary/aromatic N) is 5. The standard InChI is InChI=1S/C18H21N7O2/c1-12(2)25-15(5-8-22-25)17-13(4-3-7-21-17)11-27-16-6-9-24(20)18(23-19)14(16)10-26/h3-10,12H,11,19-20H2,1-2H3/b23-18-. The number of aromatic nitrogens is 4. The van der Waals surface area contributed by atoms with Gasteiger partial charge in [0.15, 0.2) is 11.8 Å². The zero-order valence-corrected chi connectivity index (χ0v) is 15.1. The molecule has 0 saturated heterocycles. The summed E-state index contributed by atoms with van der Waals surface area (Å²) in [4.78, 5) is 15.9. The van der Waals surface area contributed by atoms with E-state index in [1.54, 1.807) is 18.5 Å².